The molecule has 2 N–H and O–H groups in total. The standard InChI is InChI=1S/C10H11F2NO2/c1-15-5-7-8(11)2-6(3-9(7)12)10(14)4-13/h2-3H,4-5,13H2,1H3. The van der Waals surface area contributed by atoms with Gasteiger partial charge in [-0.05, 0) is 12.1 Å². The SMILES string of the molecule is COCc1c(F)cc(C(=O)CN)cc1F. The molecule has 0 heterocycles. The molecule has 0 fully saturated rings. The van der Waals surface area contributed by atoms with E-state index in [2.05, 4.69) is 4.74 Å². The van der Waals surface area contributed by atoms with Crippen molar-refractivity contribution >= 4 is 5.78 Å². The highest BCUT2D eigenvalue weighted by Gasteiger charge is 2.13. The van der Waals surface area contributed by atoms with E-state index in [-0.39, 0.29) is 24.3 Å². The second kappa shape index (κ2) is 4.95. The summed E-state index contributed by atoms with van der Waals surface area (Å²) >= 11 is 0. The molecule has 0 aromatic heterocycles. The van der Waals surface area contributed by atoms with Crippen molar-refractivity contribution in [2.75, 3.05) is 13.7 Å². The van der Waals surface area contributed by atoms with E-state index < -0.39 is 17.4 Å². The molecule has 0 atom stereocenters. The van der Waals surface area contributed by atoms with Gasteiger partial charge in [-0.15, -0.1) is 0 Å². The Balaban J connectivity index is 3.13. The molecule has 0 saturated heterocycles. The molecule has 0 aliphatic carbocycles. The first-order valence-corrected chi connectivity index (χ1v) is 4.30. The van der Waals surface area contributed by atoms with Gasteiger partial charge in [-0.3, -0.25) is 4.79 Å². The van der Waals surface area contributed by atoms with E-state index in [1.165, 1.54) is 7.11 Å². The van der Waals surface area contributed by atoms with Gasteiger partial charge in [-0.25, -0.2) is 8.78 Å². The van der Waals surface area contributed by atoms with Crippen LogP contribution >= 0.6 is 0 Å². The average molecular weight is 215 g/mol. The van der Waals surface area contributed by atoms with Gasteiger partial charge in [-0.2, -0.15) is 0 Å². The fourth-order valence-electron chi connectivity index (χ4n) is 1.16. The summed E-state index contributed by atoms with van der Waals surface area (Å²) in [6, 6.07) is 1.93. The van der Waals surface area contributed by atoms with Crippen LogP contribution in [0.1, 0.15) is 15.9 Å². The second-order valence-electron chi connectivity index (χ2n) is 2.98. The largest absolute Gasteiger partial charge is 0.380 e. The van der Waals surface area contributed by atoms with E-state index >= 15 is 0 Å². The number of carbonyl (C=O) groups is 1. The zero-order chi connectivity index (χ0) is 11.4. The fourth-order valence-corrected chi connectivity index (χ4v) is 1.16. The van der Waals surface area contributed by atoms with Crippen LogP contribution in [0.4, 0.5) is 8.78 Å². The summed E-state index contributed by atoms with van der Waals surface area (Å²) in [5, 5.41) is 0. The fraction of sp³-hybridized carbons (Fsp3) is 0.300. The Bertz CT molecular complexity index is 357. The number of ketones is 1. The molecule has 0 unspecified atom stereocenters. The molecule has 1 aromatic rings. The molecule has 15 heavy (non-hydrogen) atoms. The smallest absolute Gasteiger partial charge is 0.176 e. The van der Waals surface area contributed by atoms with Crippen molar-refractivity contribution in [3.8, 4) is 0 Å². The van der Waals surface area contributed by atoms with Crippen molar-refractivity contribution in [2.24, 2.45) is 5.73 Å². The minimum atomic E-state index is -0.798. The van der Waals surface area contributed by atoms with Crippen molar-refractivity contribution in [1.82, 2.24) is 0 Å². The molecule has 0 amide bonds. The third-order valence-electron chi connectivity index (χ3n) is 1.94. The summed E-state index contributed by atoms with van der Waals surface area (Å²) in [4.78, 5) is 11.1. The van der Waals surface area contributed by atoms with Gasteiger partial charge >= 0.3 is 0 Å². The zero-order valence-electron chi connectivity index (χ0n) is 8.22. The van der Waals surface area contributed by atoms with Crippen molar-refractivity contribution in [2.45, 2.75) is 6.61 Å². The maximum atomic E-state index is 13.3. The topological polar surface area (TPSA) is 52.3 Å². The van der Waals surface area contributed by atoms with Crippen LogP contribution in [0.3, 0.4) is 0 Å². The predicted octanol–water partition coefficient (Wildman–Crippen LogP) is 1.25. The van der Waals surface area contributed by atoms with E-state index in [0.29, 0.717) is 0 Å². The lowest BCUT2D eigenvalue weighted by molar-refractivity contribution is 0.1000. The van der Waals surface area contributed by atoms with Gasteiger partial charge in [0.1, 0.15) is 11.6 Å². The van der Waals surface area contributed by atoms with Crippen molar-refractivity contribution in [1.29, 1.82) is 0 Å². The number of Topliss-reactive ketones (excluding diaryl/α,β-unsaturated/α-hetero) is 1. The molecule has 0 bridgehead atoms. The summed E-state index contributed by atoms with van der Waals surface area (Å²) in [5.41, 5.74) is 4.83. The average Bonchev–Trinajstić information content (AvgIpc) is 2.22. The lowest BCUT2D eigenvalue weighted by Gasteiger charge is -2.06. The van der Waals surface area contributed by atoms with E-state index in [1.807, 2.05) is 0 Å². The summed E-state index contributed by atoms with van der Waals surface area (Å²) in [5.74, 6) is -2.10. The van der Waals surface area contributed by atoms with E-state index in [1.54, 1.807) is 0 Å². The normalized spacial score (nSPS) is 10.4. The van der Waals surface area contributed by atoms with E-state index in [0.717, 1.165) is 12.1 Å². The lowest BCUT2D eigenvalue weighted by atomic mass is 10.1. The van der Waals surface area contributed by atoms with Crippen LogP contribution in [0.25, 0.3) is 0 Å². The first-order valence-electron chi connectivity index (χ1n) is 4.30. The summed E-state index contributed by atoms with van der Waals surface area (Å²) < 4.78 is 31.2. The number of hydrogen-bond donors (Lipinski definition) is 1. The van der Waals surface area contributed by atoms with Crippen LogP contribution in [0, 0.1) is 11.6 Å². The Morgan fingerprint density at radius 3 is 2.33 bits per heavy atom. The number of nitrogens with two attached hydrogens (primary N) is 1. The molecular weight excluding hydrogens is 204 g/mol. The van der Waals surface area contributed by atoms with Crippen LogP contribution < -0.4 is 5.73 Å². The Morgan fingerprint density at radius 1 is 1.40 bits per heavy atom. The quantitative estimate of drug-likeness (QED) is 0.769. The van der Waals surface area contributed by atoms with Gasteiger partial charge in [0.05, 0.1) is 13.2 Å². The second-order valence-corrected chi connectivity index (χ2v) is 2.98. The number of hydrogen-bond acceptors (Lipinski definition) is 3. The number of carbonyl (C=O) groups excluding carboxylic acids is 1. The van der Waals surface area contributed by atoms with Gasteiger partial charge in [0.2, 0.25) is 0 Å². The van der Waals surface area contributed by atoms with E-state index in [9.17, 15) is 13.6 Å². The molecular formula is C10H11F2NO2. The van der Waals surface area contributed by atoms with Gasteiger partial charge in [0.15, 0.2) is 5.78 Å². The number of methoxy groups -OCH3 is 1. The Labute approximate surface area is 85.8 Å². The Morgan fingerprint density at radius 2 is 1.93 bits per heavy atom. The van der Waals surface area contributed by atoms with Gasteiger partial charge in [-0.1, -0.05) is 0 Å². The summed E-state index contributed by atoms with van der Waals surface area (Å²) in [6.45, 7) is -0.447. The number of rotatable bonds is 4. The summed E-state index contributed by atoms with van der Waals surface area (Å²) in [7, 11) is 1.33. The van der Waals surface area contributed by atoms with Gasteiger partial charge in [0, 0.05) is 18.2 Å². The molecule has 1 rings (SSSR count). The predicted molar refractivity (Wildman–Crippen MR) is 50.5 cm³/mol. The van der Waals surface area contributed by atoms with Crippen LogP contribution in [-0.4, -0.2) is 19.4 Å². The lowest BCUT2D eigenvalue weighted by Crippen LogP contribution is -2.14. The molecule has 5 heteroatoms. The third kappa shape index (κ3) is 2.57. The summed E-state index contributed by atoms with van der Waals surface area (Å²) in [6.07, 6.45) is 0. The number of benzene rings is 1. The van der Waals surface area contributed by atoms with Crippen LogP contribution in [-0.2, 0) is 11.3 Å². The highest BCUT2D eigenvalue weighted by Crippen LogP contribution is 2.16. The monoisotopic (exact) mass is 215 g/mol. The highest BCUT2D eigenvalue weighted by molar-refractivity contribution is 5.97. The first kappa shape index (κ1) is 11.7. The zero-order valence-corrected chi connectivity index (χ0v) is 8.22. The molecule has 82 valence electrons. The highest BCUT2D eigenvalue weighted by atomic mass is 19.1. The van der Waals surface area contributed by atoms with Gasteiger partial charge < -0.3 is 10.5 Å². The van der Waals surface area contributed by atoms with Crippen LogP contribution in [0.15, 0.2) is 12.1 Å². The molecule has 0 radical (unpaired) electrons. The minimum Gasteiger partial charge on any atom is -0.380 e. The Hall–Kier alpha value is -1.33. The molecule has 0 saturated carbocycles. The molecule has 3 nitrogen and oxygen atoms in total. The van der Waals surface area contributed by atoms with E-state index in [4.69, 9.17) is 5.73 Å². The molecule has 1 aromatic carbocycles. The van der Waals surface area contributed by atoms with Gasteiger partial charge in [0.25, 0.3) is 0 Å². The molecule has 0 aliphatic heterocycles. The van der Waals surface area contributed by atoms with Crippen LogP contribution in [0.2, 0.25) is 0 Å². The van der Waals surface area contributed by atoms with Crippen LogP contribution in [0.5, 0.6) is 0 Å². The van der Waals surface area contributed by atoms with Crippen molar-refractivity contribution in [3.05, 3.63) is 34.9 Å². The number of halogens is 2. The Kier molecular flexibility index (Phi) is 3.88. The first-order chi connectivity index (χ1) is 7.10. The van der Waals surface area contributed by atoms with Crippen molar-refractivity contribution < 1.29 is 18.3 Å². The number of ether oxygens (including phenoxy) is 1. The minimum absolute atomic E-state index is 0.0626. The maximum Gasteiger partial charge on any atom is 0.176 e. The third-order valence-corrected chi connectivity index (χ3v) is 1.94. The molecule has 0 aliphatic rings. The maximum absolute atomic E-state index is 13.3. The van der Waals surface area contributed by atoms with Crippen molar-refractivity contribution in [3.63, 3.8) is 0 Å². The molecule has 0 spiro atoms.